The van der Waals surface area contributed by atoms with Crippen molar-refractivity contribution in [2.75, 3.05) is 38.0 Å². The molecule has 1 aliphatic heterocycles. The monoisotopic (exact) mass is 412 g/mol. The molecule has 0 unspecified atom stereocenters. The third kappa shape index (κ3) is 5.01. The summed E-state index contributed by atoms with van der Waals surface area (Å²) in [5, 5.41) is 11.7. The van der Waals surface area contributed by atoms with Crippen LogP contribution in [0, 0.1) is 25.2 Å². The number of carbonyl (C=O) groups excluding carboxylic acids is 1. The van der Waals surface area contributed by atoms with Crippen molar-refractivity contribution < 1.29 is 13.2 Å². The van der Waals surface area contributed by atoms with Crippen LogP contribution >= 0.6 is 0 Å². The van der Waals surface area contributed by atoms with Gasteiger partial charge in [-0.25, -0.2) is 8.42 Å². The number of amides is 1. The maximum atomic E-state index is 12.9. The number of sulfonamides is 1. The third-order valence-electron chi connectivity index (χ3n) is 5.09. The lowest BCUT2D eigenvalue weighted by molar-refractivity contribution is -0.117. The van der Waals surface area contributed by atoms with Gasteiger partial charge in [0.15, 0.2) is 0 Å². The van der Waals surface area contributed by atoms with Gasteiger partial charge in [0.1, 0.15) is 0 Å². The summed E-state index contributed by atoms with van der Waals surface area (Å²) in [5.41, 5.74) is 3.06. The molecule has 2 aromatic carbocycles. The minimum atomic E-state index is -3.53. The molecule has 3 rings (SSSR count). The van der Waals surface area contributed by atoms with Gasteiger partial charge in [0.25, 0.3) is 0 Å². The van der Waals surface area contributed by atoms with E-state index in [0.29, 0.717) is 42.3 Å². The van der Waals surface area contributed by atoms with E-state index in [0.717, 1.165) is 11.1 Å². The van der Waals surface area contributed by atoms with Crippen molar-refractivity contribution >= 4 is 21.6 Å². The second-order valence-corrected chi connectivity index (χ2v) is 9.11. The van der Waals surface area contributed by atoms with Crippen LogP contribution < -0.4 is 5.32 Å². The molecule has 2 aromatic rings. The average Bonchev–Trinajstić information content (AvgIpc) is 2.70. The molecule has 8 heteroatoms. The van der Waals surface area contributed by atoms with Gasteiger partial charge in [-0.3, -0.25) is 9.69 Å². The second-order valence-electron chi connectivity index (χ2n) is 7.17. The van der Waals surface area contributed by atoms with Gasteiger partial charge in [-0.2, -0.15) is 9.57 Å². The van der Waals surface area contributed by atoms with Gasteiger partial charge >= 0.3 is 0 Å². The minimum Gasteiger partial charge on any atom is -0.325 e. The molecule has 0 radical (unpaired) electrons. The highest BCUT2D eigenvalue weighted by atomic mass is 32.2. The van der Waals surface area contributed by atoms with Gasteiger partial charge in [0.2, 0.25) is 15.9 Å². The van der Waals surface area contributed by atoms with Crippen LogP contribution in [-0.2, 0) is 14.8 Å². The number of benzene rings is 2. The fraction of sp³-hybridized carbons (Fsp3) is 0.333. The zero-order valence-corrected chi connectivity index (χ0v) is 17.4. The number of rotatable bonds is 5. The van der Waals surface area contributed by atoms with E-state index >= 15 is 0 Å². The molecule has 0 aliphatic carbocycles. The van der Waals surface area contributed by atoms with Gasteiger partial charge in [-0.1, -0.05) is 12.1 Å². The third-order valence-corrected chi connectivity index (χ3v) is 6.98. The average molecular weight is 413 g/mol. The number of anilines is 1. The smallest absolute Gasteiger partial charge is 0.243 e. The quantitative estimate of drug-likeness (QED) is 0.812. The molecule has 29 heavy (non-hydrogen) atoms. The van der Waals surface area contributed by atoms with E-state index in [-0.39, 0.29) is 12.5 Å². The number of piperazine rings is 1. The Kier molecular flexibility index (Phi) is 6.33. The minimum absolute atomic E-state index is 0.175. The molecule has 0 spiro atoms. The standard InChI is InChI=1S/C21H24N4O3S/c1-16-6-7-20(12-17(16)2)29(27,28)25-10-8-24(9-11-25)15-21(26)23-19-5-3-4-18(13-19)14-22/h3-7,12-13H,8-11,15H2,1-2H3,(H,23,26). The Balaban J connectivity index is 1.56. The number of nitriles is 1. The Morgan fingerprint density at radius 1 is 1.07 bits per heavy atom. The van der Waals surface area contributed by atoms with E-state index < -0.39 is 10.0 Å². The first kappa shape index (κ1) is 21.0. The fourth-order valence-corrected chi connectivity index (χ4v) is 4.73. The summed E-state index contributed by atoms with van der Waals surface area (Å²) in [6.45, 7) is 5.67. The molecule has 0 aromatic heterocycles. The topological polar surface area (TPSA) is 93.5 Å². The molecule has 152 valence electrons. The summed E-state index contributed by atoms with van der Waals surface area (Å²) < 4.78 is 27.2. The molecule has 1 fully saturated rings. The van der Waals surface area contributed by atoms with Crippen LogP contribution in [0.4, 0.5) is 5.69 Å². The van der Waals surface area contributed by atoms with Gasteiger partial charge < -0.3 is 5.32 Å². The van der Waals surface area contributed by atoms with Crippen molar-refractivity contribution in [3.05, 3.63) is 59.2 Å². The van der Waals surface area contributed by atoms with Crippen LogP contribution in [0.2, 0.25) is 0 Å². The Morgan fingerprint density at radius 2 is 1.79 bits per heavy atom. The first-order chi connectivity index (χ1) is 13.8. The number of carbonyl (C=O) groups is 1. The number of nitrogens with zero attached hydrogens (tertiary/aromatic N) is 3. The van der Waals surface area contributed by atoms with Crippen LogP contribution in [0.5, 0.6) is 0 Å². The Bertz CT molecular complexity index is 1050. The molecule has 0 saturated carbocycles. The van der Waals surface area contributed by atoms with E-state index in [2.05, 4.69) is 5.32 Å². The molecule has 0 atom stereocenters. The molecular weight excluding hydrogens is 388 g/mol. The number of nitrogens with one attached hydrogen (secondary N) is 1. The van der Waals surface area contributed by atoms with Crippen LogP contribution in [0.1, 0.15) is 16.7 Å². The highest BCUT2D eigenvalue weighted by Gasteiger charge is 2.29. The first-order valence-electron chi connectivity index (χ1n) is 9.39. The summed E-state index contributed by atoms with van der Waals surface area (Å²) in [4.78, 5) is 14.5. The Labute approximate surface area is 171 Å². The highest BCUT2D eigenvalue weighted by Crippen LogP contribution is 2.20. The first-order valence-corrected chi connectivity index (χ1v) is 10.8. The maximum absolute atomic E-state index is 12.9. The zero-order chi connectivity index (χ0) is 21.0. The zero-order valence-electron chi connectivity index (χ0n) is 16.6. The van der Waals surface area contributed by atoms with Gasteiger partial charge in [-0.05, 0) is 55.3 Å². The van der Waals surface area contributed by atoms with E-state index in [1.807, 2.05) is 30.9 Å². The van der Waals surface area contributed by atoms with Crippen molar-refractivity contribution in [1.29, 1.82) is 5.26 Å². The number of aryl methyl sites for hydroxylation is 2. The van der Waals surface area contributed by atoms with Crippen molar-refractivity contribution in [3.8, 4) is 6.07 Å². The lowest BCUT2D eigenvalue weighted by atomic mass is 10.1. The fourth-order valence-electron chi connectivity index (χ4n) is 3.22. The largest absolute Gasteiger partial charge is 0.325 e. The summed E-state index contributed by atoms with van der Waals surface area (Å²) in [5.74, 6) is -0.189. The van der Waals surface area contributed by atoms with Crippen LogP contribution in [0.3, 0.4) is 0 Å². The van der Waals surface area contributed by atoms with Crippen molar-refractivity contribution in [2.24, 2.45) is 0 Å². The molecule has 0 bridgehead atoms. The number of hydrogen-bond acceptors (Lipinski definition) is 5. The molecule has 1 heterocycles. The van der Waals surface area contributed by atoms with Gasteiger partial charge in [0, 0.05) is 31.9 Å². The molecule has 1 amide bonds. The molecule has 1 saturated heterocycles. The molecule has 1 N–H and O–H groups in total. The molecule has 1 aliphatic rings. The van der Waals surface area contributed by atoms with Crippen molar-refractivity contribution in [2.45, 2.75) is 18.7 Å². The lowest BCUT2D eigenvalue weighted by Gasteiger charge is -2.33. The van der Waals surface area contributed by atoms with Crippen LogP contribution in [0.15, 0.2) is 47.4 Å². The molecular formula is C21H24N4O3S. The lowest BCUT2D eigenvalue weighted by Crippen LogP contribution is -2.50. The van der Waals surface area contributed by atoms with Crippen molar-refractivity contribution in [3.63, 3.8) is 0 Å². The van der Waals surface area contributed by atoms with Crippen molar-refractivity contribution in [1.82, 2.24) is 9.21 Å². The van der Waals surface area contributed by atoms with Gasteiger partial charge in [-0.15, -0.1) is 0 Å². The summed E-state index contributed by atoms with van der Waals surface area (Å²) in [6.07, 6.45) is 0. The van der Waals surface area contributed by atoms with Crippen LogP contribution in [0.25, 0.3) is 0 Å². The van der Waals surface area contributed by atoms with Crippen LogP contribution in [-0.4, -0.2) is 56.3 Å². The predicted octanol–water partition coefficient (Wildman–Crippen LogP) is 2.12. The predicted molar refractivity (Wildman–Crippen MR) is 111 cm³/mol. The molecule has 7 nitrogen and oxygen atoms in total. The Hall–Kier alpha value is -2.73. The van der Waals surface area contributed by atoms with E-state index in [4.69, 9.17) is 5.26 Å². The SMILES string of the molecule is Cc1ccc(S(=O)(=O)N2CCN(CC(=O)Nc3cccc(C#N)c3)CC2)cc1C. The summed E-state index contributed by atoms with van der Waals surface area (Å²) in [7, 11) is -3.53. The Morgan fingerprint density at radius 3 is 2.45 bits per heavy atom. The van der Waals surface area contributed by atoms with Gasteiger partial charge in [0.05, 0.1) is 23.1 Å². The summed E-state index contributed by atoms with van der Waals surface area (Å²) >= 11 is 0. The normalized spacial score (nSPS) is 15.6. The second kappa shape index (κ2) is 8.74. The number of hydrogen-bond donors (Lipinski definition) is 1. The van der Waals surface area contributed by atoms with E-state index in [1.54, 1.807) is 36.4 Å². The van der Waals surface area contributed by atoms with E-state index in [9.17, 15) is 13.2 Å². The maximum Gasteiger partial charge on any atom is 0.243 e. The van der Waals surface area contributed by atoms with E-state index in [1.165, 1.54) is 4.31 Å². The highest BCUT2D eigenvalue weighted by molar-refractivity contribution is 7.89. The summed E-state index contributed by atoms with van der Waals surface area (Å²) in [6, 6.07) is 13.9.